The van der Waals surface area contributed by atoms with Crippen LogP contribution in [0.5, 0.6) is 17.2 Å². The minimum Gasteiger partial charge on any atom is -0.508 e. The number of carbonyl (C=O) groups excluding carboxylic acids is 2. The number of hydrogen-bond donors (Lipinski definition) is 1. The van der Waals surface area contributed by atoms with Crippen molar-refractivity contribution in [2.45, 2.75) is 44.8 Å². The van der Waals surface area contributed by atoms with E-state index in [1.807, 2.05) is 28.7 Å². The van der Waals surface area contributed by atoms with Gasteiger partial charge in [-0.2, -0.15) is 0 Å². The average Bonchev–Trinajstić information content (AvgIpc) is 3.32. The van der Waals surface area contributed by atoms with Gasteiger partial charge in [-0.3, -0.25) is 14.4 Å². The number of nitrogens with zero attached hydrogens (tertiary/aromatic N) is 5. The molecule has 4 aromatic rings. The summed E-state index contributed by atoms with van der Waals surface area (Å²) in [5.41, 5.74) is 2.32. The molecule has 2 atom stereocenters. The summed E-state index contributed by atoms with van der Waals surface area (Å²) in [6, 6.07) is 7.64. The number of Topliss-reactive ketones (excluding diaryl/α,β-unsaturated/α-hetero) is 1. The minimum atomic E-state index is -0.715. The van der Waals surface area contributed by atoms with E-state index in [-0.39, 0.29) is 54.5 Å². The second-order valence-electron chi connectivity index (χ2n) is 12.0. The number of ketones is 2. The summed E-state index contributed by atoms with van der Waals surface area (Å²) in [6.45, 7) is 1.70. The Bertz CT molecular complexity index is 2390. The predicted octanol–water partition coefficient (Wildman–Crippen LogP) is 2.77. The van der Waals surface area contributed by atoms with E-state index >= 15 is 0 Å². The van der Waals surface area contributed by atoms with Crippen molar-refractivity contribution in [1.29, 1.82) is 0 Å². The summed E-state index contributed by atoms with van der Waals surface area (Å²) in [5, 5.41) is 10.2. The Labute approximate surface area is 286 Å². The second kappa shape index (κ2) is 11.6. The zero-order chi connectivity index (χ0) is 34.2. The maximum atomic E-state index is 14.1. The van der Waals surface area contributed by atoms with Gasteiger partial charge in [0.05, 0.1) is 41.4 Å². The Morgan fingerprint density at radius 1 is 1.02 bits per heavy atom. The van der Waals surface area contributed by atoms with Gasteiger partial charge in [0.15, 0.2) is 23.1 Å². The normalized spacial score (nSPS) is 18.7. The van der Waals surface area contributed by atoms with Gasteiger partial charge in [0.1, 0.15) is 11.4 Å². The van der Waals surface area contributed by atoms with Crippen LogP contribution >= 0.6 is 22.6 Å². The van der Waals surface area contributed by atoms with Crippen molar-refractivity contribution in [1.82, 2.24) is 23.5 Å². The fourth-order valence-corrected chi connectivity index (χ4v) is 7.61. The van der Waals surface area contributed by atoms with Gasteiger partial charge in [-0.1, -0.05) is 18.2 Å². The fraction of sp³-hybridized carbons (Fsp3) is 0.294. The molecule has 1 N–H and O–H groups in total. The van der Waals surface area contributed by atoms with Gasteiger partial charge < -0.3 is 19.1 Å². The number of methoxy groups -OCH3 is 2. The maximum Gasteiger partial charge on any atom is 0.347 e. The van der Waals surface area contributed by atoms with Gasteiger partial charge in [0, 0.05) is 61.7 Å². The summed E-state index contributed by atoms with van der Waals surface area (Å²) in [4.78, 5) is 72.5. The van der Waals surface area contributed by atoms with E-state index in [2.05, 4.69) is 4.98 Å². The van der Waals surface area contributed by atoms with Crippen LogP contribution in [-0.2, 0) is 36.1 Å². The predicted molar refractivity (Wildman–Crippen MR) is 183 cm³/mol. The number of phenolic OH excluding ortho intramolecular Hbond substituents is 1. The van der Waals surface area contributed by atoms with Gasteiger partial charge in [0.2, 0.25) is 0 Å². The van der Waals surface area contributed by atoms with E-state index in [1.54, 1.807) is 44.3 Å². The first-order valence-electron chi connectivity index (χ1n) is 15.2. The van der Waals surface area contributed by atoms with Gasteiger partial charge in [-0.25, -0.2) is 28.5 Å². The Morgan fingerprint density at radius 3 is 2.46 bits per heavy atom. The van der Waals surface area contributed by atoms with Crippen molar-refractivity contribution >= 4 is 45.2 Å². The molecule has 3 aliphatic rings. The molecule has 14 heteroatoms. The molecule has 2 aliphatic carbocycles. The molecule has 0 bridgehead atoms. The molecule has 0 saturated carbocycles. The van der Waals surface area contributed by atoms with Crippen LogP contribution in [-0.4, -0.2) is 54.4 Å². The van der Waals surface area contributed by atoms with Crippen molar-refractivity contribution in [2.24, 2.45) is 7.05 Å². The number of halogens is 1. The van der Waals surface area contributed by atoms with Crippen LogP contribution in [0.25, 0.3) is 11.0 Å². The zero-order valence-corrected chi connectivity index (χ0v) is 28.6. The lowest BCUT2D eigenvalue weighted by Crippen LogP contribution is -2.40. The van der Waals surface area contributed by atoms with Crippen molar-refractivity contribution in [2.75, 3.05) is 14.2 Å². The molecule has 246 valence electrons. The number of fused-ring (bicyclic) bond motifs is 4. The highest BCUT2D eigenvalue weighted by Crippen LogP contribution is 2.50. The highest BCUT2D eigenvalue weighted by Gasteiger charge is 2.45. The highest BCUT2D eigenvalue weighted by atomic mass is 127. The number of aromatic nitrogens is 5. The van der Waals surface area contributed by atoms with Gasteiger partial charge in [-0.15, -0.1) is 0 Å². The summed E-state index contributed by atoms with van der Waals surface area (Å²) in [6.07, 6.45) is 3.21. The van der Waals surface area contributed by atoms with Crippen LogP contribution in [0.1, 0.15) is 35.2 Å². The van der Waals surface area contributed by atoms with Crippen molar-refractivity contribution < 1.29 is 24.2 Å². The van der Waals surface area contributed by atoms with Crippen LogP contribution < -0.4 is 26.4 Å². The molecular formula is C34H30IN5O8. The first kappa shape index (κ1) is 31.6. The smallest absolute Gasteiger partial charge is 0.347 e. The highest BCUT2D eigenvalue weighted by molar-refractivity contribution is 14.1. The molecule has 7 rings (SSSR count). The van der Waals surface area contributed by atoms with Gasteiger partial charge >= 0.3 is 11.4 Å². The number of hydrogen-bond acceptors (Lipinski definition) is 9. The number of allylic oxidation sites excluding steroid dienone is 6. The quantitative estimate of drug-likeness (QED) is 0.177. The Balaban J connectivity index is 1.29. The molecular weight excluding hydrogens is 733 g/mol. The van der Waals surface area contributed by atoms with E-state index in [1.165, 1.54) is 34.2 Å². The Hall–Kier alpha value is -4.99. The topological polar surface area (TPSA) is 157 Å². The molecule has 0 saturated heterocycles. The molecule has 2 aromatic carbocycles. The standard InChI is InChI=1S/C34H30IN5O8/c1-16-11-17(5-6-25(16)41)29-18-7-10-39-33(45)38(34(46)40(39)23(18)12-19-26(42)13-20(35)31(43)30(19)29)9-8-21-32(44)37(2)24-15-28(48-4)27(47-3)14-22(24)36-21/h5-7,11,13-15,23,29,41H,8-10,12H2,1-4H3/t23-,29+/m1/s1. The lowest BCUT2D eigenvalue weighted by molar-refractivity contribution is -0.115. The molecule has 0 unspecified atom stereocenters. The second-order valence-corrected chi connectivity index (χ2v) is 13.2. The maximum absolute atomic E-state index is 14.1. The third-order valence-electron chi connectivity index (χ3n) is 9.46. The van der Waals surface area contributed by atoms with Crippen molar-refractivity contribution in [3.63, 3.8) is 0 Å². The molecule has 0 fully saturated rings. The molecule has 3 heterocycles. The number of rotatable bonds is 6. The Kier molecular flexibility index (Phi) is 7.64. The minimum absolute atomic E-state index is 0.00199. The molecule has 1 aliphatic heterocycles. The number of phenols is 1. The first-order valence-corrected chi connectivity index (χ1v) is 16.3. The zero-order valence-electron chi connectivity index (χ0n) is 26.4. The average molecular weight is 764 g/mol. The van der Waals surface area contributed by atoms with E-state index in [4.69, 9.17) is 9.47 Å². The van der Waals surface area contributed by atoms with Crippen LogP contribution in [0.2, 0.25) is 0 Å². The van der Waals surface area contributed by atoms with E-state index < -0.39 is 23.3 Å². The van der Waals surface area contributed by atoms with Crippen molar-refractivity contribution in [3.8, 4) is 17.2 Å². The van der Waals surface area contributed by atoms with Crippen LogP contribution in [0, 0.1) is 6.92 Å². The van der Waals surface area contributed by atoms with E-state index in [9.17, 15) is 29.1 Å². The third kappa shape index (κ3) is 4.71. The molecule has 48 heavy (non-hydrogen) atoms. The van der Waals surface area contributed by atoms with Gasteiger partial charge in [-0.05, 0) is 52.3 Å². The molecule has 0 amide bonds. The molecule has 0 radical (unpaired) electrons. The number of aryl methyl sites for hydroxylation is 3. The summed E-state index contributed by atoms with van der Waals surface area (Å²) < 4.78 is 16.3. The third-order valence-corrected chi connectivity index (χ3v) is 10.3. The van der Waals surface area contributed by atoms with E-state index in [0.29, 0.717) is 48.4 Å². The summed E-state index contributed by atoms with van der Waals surface area (Å²) in [5.74, 6) is -0.251. The number of carbonyl (C=O) groups is 2. The number of ether oxygens (including phenoxy) is 2. The molecule has 0 spiro atoms. The first-order chi connectivity index (χ1) is 22.9. The SMILES string of the molecule is COc1cc2nc(CCn3c(=O)n4n(c3=O)[C@@H]3CC5=C(C(=O)C(I)=CC5=O)[C@@H](c5ccc(O)c(C)c5)C3=CC4)c(=O)n(C)c2cc1OC. The Morgan fingerprint density at radius 2 is 1.75 bits per heavy atom. The monoisotopic (exact) mass is 763 g/mol. The van der Waals surface area contributed by atoms with E-state index in [0.717, 1.165) is 10.1 Å². The summed E-state index contributed by atoms with van der Waals surface area (Å²) in [7, 11) is 4.61. The lowest BCUT2D eigenvalue weighted by Gasteiger charge is -2.39. The molecule has 2 aromatic heterocycles. The summed E-state index contributed by atoms with van der Waals surface area (Å²) >= 11 is 1.87. The van der Waals surface area contributed by atoms with Gasteiger partial charge in [0.25, 0.3) is 5.56 Å². The number of aromatic hydroxyl groups is 1. The van der Waals surface area contributed by atoms with Crippen LogP contribution in [0.15, 0.2) is 77.2 Å². The molecule has 13 nitrogen and oxygen atoms in total. The fourth-order valence-electron chi connectivity index (χ4n) is 7.03. The van der Waals surface area contributed by atoms with Crippen LogP contribution in [0.4, 0.5) is 0 Å². The van der Waals surface area contributed by atoms with Crippen LogP contribution in [0.3, 0.4) is 0 Å². The largest absolute Gasteiger partial charge is 0.508 e. The number of benzene rings is 2. The lowest BCUT2D eigenvalue weighted by atomic mass is 9.68. The van der Waals surface area contributed by atoms with Crippen molar-refractivity contribution in [3.05, 3.63) is 111 Å².